The molecule has 1 aliphatic rings. The summed E-state index contributed by atoms with van der Waals surface area (Å²) in [4.78, 5) is 0.102. The minimum absolute atomic E-state index is 0.102. The lowest BCUT2D eigenvalue weighted by Gasteiger charge is -2.30. The molecule has 1 aromatic carbocycles. The van der Waals surface area contributed by atoms with Crippen molar-refractivity contribution in [3.05, 3.63) is 30.3 Å². The van der Waals surface area contributed by atoms with Gasteiger partial charge in [-0.1, -0.05) is 12.1 Å². The van der Waals surface area contributed by atoms with Crippen LogP contribution in [0.5, 0.6) is 0 Å². The SMILES string of the molecule is O=S(=O)(c1c[c]ccc1)N1CCC(F)(F)CC1. The third-order valence-corrected chi connectivity index (χ3v) is 4.66. The molecule has 0 N–H and O–H groups in total. The van der Waals surface area contributed by atoms with Gasteiger partial charge in [0.2, 0.25) is 10.0 Å². The molecule has 1 aromatic rings. The third kappa shape index (κ3) is 2.63. The van der Waals surface area contributed by atoms with Crippen molar-refractivity contribution < 1.29 is 17.2 Å². The molecule has 2 rings (SSSR count). The van der Waals surface area contributed by atoms with Gasteiger partial charge in [-0.25, -0.2) is 17.2 Å². The summed E-state index contributed by atoms with van der Waals surface area (Å²) in [6, 6.07) is 8.61. The summed E-state index contributed by atoms with van der Waals surface area (Å²) in [5.41, 5.74) is 0. The molecule has 0 atom stereocenters. The van der Waals surface area contributed by atoms with E-state index in [0.717, 1.165) is 4.31 Å². The Hall–Kier alpha value is -1.01. The largest absolute Gasteiger partial charge is 0.250 e. The molecule has 17 heavy (non-hydrogen) atoms. The van der Waals surface area contributed by atoms with Crippen LogP contribution in [0.15, 0.2) is 29.2 Å². The van der Waals surface area contributed by atoms with Gasteiger partial charge in [0.1, 0.15) is 0 Å². The summed E-state index contributed by atoms with van der Waals surface area (Å²) in [7, 11) is -3.64. The predicted molar refractivity (Wildman–Crippen MR) is 58.2 cm³/mol. The van der Waals surface area contributed by atoms with E-state index in [1.807, 2.05) is 0 Å². The van der Waals surface area contributed by atoms with E-state index in [-0.39, 0.29) is 18.0 Å². The van der Waals surface area contributed by atoms with Crippen molar-refractivity contribution in [2.24, 2.45) is 0 Å². The van der Waals surface area contributed by atoms with Gasteiger partial charge in [0.15, 0.2) is 0 Å². The Bertz CT molecular complexity index is 477. The fourth-order valence-corrected chi connectivity index (χ4v) is 3.17. The second-order valence-electron chi connectivity index (χ2n) is 4.00. The normalized spacial score (nSPS) is 21.3. The van der Waals surface area contributed by atoms with Crippen molar-refractivity contribution in [1.82, 2.24) is 4.31 Å². The van der Waals surface area contributed by atoms with Crippen LogP contribution in [-0.4, -0.2) is 31.7 Å². The molecule has 1 saturated heterocycles. The Morgan fingerprint density at radius 2 is 1.94 bits per heavy atom. The van der Waals surface area contributed by atoms with Crippen molar-refractivity contribution >= 4 is 10.0 Å². The van der Waals surface area contributed by atoms with Crippen LogP contribution in [0.1, 0.15) is 12.8 Å². The summed E-state index contributed by atoms with van der Waals surface area (Å²) in [6.07, 6.45) is -0.828. The van der Waals surface area contributed by atoms with E-state index in [0.29, 0.717) is 0 Å². The van der Waals surface area contributed by atoms with Crippen LogP contribution in [0.25, 0.3) is 0 Å². The van der Waals surface area contributed by atoms with Crippen LogP contribution in [0.4, 0.5) is 8.78 Å². The number of hydrogen-bond donors (Lipinski definition) is 0. The lowest BCUT2D eigenvalue weighted by atomic mass is 10.1. The van der Waals surface area contributed by atoms with Gasteiger partial charge < -0.3 is 0 Å². The fourth-order valence-electron chi connectivity index (χ4n) is 1.74. The van der Waals surface area contributed by atoms with Crippen LogP contribution in [0.3, 0.4) is 0 Å². The molecule has 0 spiro atoms. The van der Waals surface area contributed by atoms with Gasteiger partial charge >= 0.3 is 0 Å². The molecule has 1 heterocycles. The summed E-state index contributed by atoms with van der Waals surface area (Å²) < 4.78 is 51.1. The van der Waals surface area contributed by atoms with Gasteiger partial charge in [-0.2, -0.15) is 4.31 Å². The minimum Gasteiger partial charge on any atom is -0.207 e. The highest BCUT2D eigenvalue weighted by molar-refractivity contribution is 7.89. The Morgan fingerprint density at radius 1 is 1.29 bits per heavy atom. The van der Waals surface area contributed by atoms with Crippen LogP contribution in [0.2, 0.25) is 0 Å². The molecule has 0 saturated carbocycles. The maximum Gasteiger partial charge on any atom is 0.250 e. The molecule has 1 radical (unpaired) electrons. The first-order valence-electron chi connectivity index (χ1n) is 5.26. The topological polar surface area (TPSA) is 37.4 Å². The van der Waals surface area contributed by atoms with Crippen LogP contribution < -0.4 is 0 Å². The lowest BCUT2D eigenvalue weighted by Crippen LogP contribution is -2.42. The molecule has 0 aromatic heterocycles. The number of alkyl halides is 2. The molecular weight excluding hydrogens is 248 g/mol. The second kappa shape index (κ2) is 4.34. The number of rotatable bonds is 2. The quantitative estimate of drug-likeness (QED) is 0.814. The van der Waals surface area contributed by atoms with Gasteiger partial charge in [0.05, 0.1) is 4.90 Å². The average molecular weight is 260 g/mol. The Balaban J connectivity index is 2.19. The number of sulfonamides is 1. The minimum atomic E-state index is -3.64. The Kier molecular flexibility index (Phi) is 3.18. The molecule has 3 nitrogen and oxygen atoms in total. The van der Waals surface area contributed by atoms with Crippen LogP contribution in [0, 0.1) is 6.07 Å². The summed E-state index contributed by atoms with van der Waals surface area (Å²) in [5, 5.41) is 0. The lowest BCUT2D eigenvalue weighted by molar-refractivity contribution is -0.0412. The zero-order chi connectivity index (χ0) is 12.5. The van der Waals surface area contributed by atoms with Crippen molar-refractivity contribution in [2.45, 2.75) is 23.7 Å². The molecule has 1 aliphatic heterocycles. The molecule has 0 aliphatic carbocycles. The third-order valence-electron chi connectivity index (χ3n) is 2.77. The number of halogens is 2. The van der Waals surface area contributed by atoms with Crippen molar-refractivity contribution in [3.63, 3.8) is 0 Å². The predicted octanol–water partition coefficient (Wildman–Crippen LogP) is 1.91. The molecule has 1 fully saturated rings. The highest BCUT2D eigenvalue weighted by Crippen LogP contribution is 2.30. The highest BCUT2D eigenvalue weighted by Gasteiger charge is 2.38. The van der Waals surface area contributed by atoms with Crippen molar-refractivity contribution in [2.75, 3.05) is 13.1 Å². The van der Waals surface area contributed by atoms with Gasteiger partial charge in [0, 0.05) is 25.9 Å². The standard InChI is InChI=1S/C11H12F2NO2S/c12-11(13)6-8-14(9-7-11)17(15,16)10-4-2-1-3-5-10/h1-2,4-5H,6-9H2. The first kappa shape index (κ1) is 12.4. The van der Waals surface area contributed by atoms with Crippen molar-refractivity contribution in [3.8, 4) is 0 Å². The van der Waals surface area contributed by atoms with Gasteiger partial charge in [-0.3, -0.25) is 0 Å². The van der Waals surface area contributed by atoms with Gasteiger partial charge in [0.25, 0.3) is 5.92 Å². The average Bonchev–Trinajstić information content (AvgIpc) is 2.29. The molecule has 0 amide bonds. The van der Waals surface area contributed by atoms with E-state index >= 15 is 0 Å². The van der Waals surface area contributed by atoms with Crippen molar-refractivity contribution in [1.29, 1.82) is 0 Å². The molecule has 93 valence electrons. The van der Waals surface area contributed by atoms with E-state index in [9.17, 15) is 17.2 Å². The van der Waals surface area contributed by atoms with E-state index in [1.54, 1.807) is 12.1 Å². The van der Waals surface area contributed by atoms with Gasteiger partial charge in [-0.15, -0.1) is 0 Å². The van der Waals surface area contributed by atoms with Gasteiger partial charge in [-0.05, 0) is 18.2 Å². The summed E-state index contributed by atoms with van der Waals surface area (Å²) in [6.45, 7) is -0.269. The molecular formula is C11H12F2NO2S. The number of hydrogen-bond acceptors (Lipinski definition) is 2. The summed E-state index contributed by atoms with van der Waals surface area (Å²) >= 11 is 0. The second-order valence-corrected chi connectivity index (χ2v) is 5.94. The zero-order valence-electron chi connectivity index (χ0n) is 9.07. The maximum atomic E-state index is 12.9. The first-order chi connectivity index (χ1) is 7.92. The fraction of sp³-hybridized carbons (Fsp3) is 0.455. The number of benzene rings is 1. The smallest absolute Gasteiger partial charge is 0.207 e. The molecule has 0 unspecified atom stereocenters. The number of nitrogens with zero attached hydrogens (tertiary/aromatic N) is 1. The van der Waals surface area contributed by atoms with E-state index < -0.39 is 28.8 Å². The first-order valence-corrected chi connectivity index (χ1v) is 6.70. The number of piperidine rings is 1. The Labute approximate surface area is 99.1 Å². The molecule has 6 heteroatoms. The maximum absolute atomic E-state index is 12.9. The van der Waals surface area contributed by atoms with E-state index in [2.05, 4.69) is 6.07 Å². The highest BCUT2D eigenvalue weighted by atomic mass is 32.2. The monoisotopic (exact) mass is 260 g/mol. The van der Waals surface area contributed by atoms with Crippen LogP contribution in [-0.2, 0) is 10.0 Å². The zero-order valence-corrected chi connectivity index (χ0v) is 9.88. The summed E-state index contributed by atoms with van der Waals surface area (Å²) in [5.74, 6) is -2.74. The molecule has 0 bridgehead atoms. The van der Waals surface area contributed by atoms with E-state index in [4.69, 9.17) is 0 Å². The Morgan fingerprint density at radius 3 is 2.47 bits per heavy atom. The van der Waals surface area contributed by atoms with Crippen LogP contribution >= 0.6 is 0 Å². The van der Waals surface area contributed by atoms with E-state index in [1.165, 1.54) is 12.1 Å².